The van der Waals surface area contributed by atoms with E-state index in [4.69, 9.17) is 15.2 Å². The highest BCUT2D eigenvalue weighted by atomic mass is 19.1. The summed E-state index contributed by atoms with van der Waals surface area (Å²) >= 11 is 0. The largest absolute Gasteiger partial charge is 0.490 e. The van der Waals surface area contributed by atoms with E-state index < -0.39 is 40.9 Å². The van der Waals surface area contributed by atoms with Gasteiger partial charge < -0.3 is 30.5 Å². The van der Waals surface area contributed by atoms with Crippen molar-refractivity contribution in [1.82, 2.24) is 9.97 Å². The van der Waals surface area contributed by atoms with Crippen LogP contribution in [0.25, 0.3) is 11.3 Å². The van der Waals surface area contributed by atoms with Gasteiger partial charge >= 0.3 is 0 Å². The number of hydrogen-bond donors (Lipinski definition) is 3. The Morgan fingerprint density at radius 3 is 2.56 bits per heavy atom. The summed E-state index contributed by atoms with van der Waals surface area (Å²) in [5, 5.41) is 13.5. The van der Waals surface area contributed by atoms with E-state index in [1.807, 2.05) is 13.0 Å². The Balaban J connectivity index is 1.34. The molecule has 0 spiro atoms. The maximum Gasteiger partial charge on any atom is 0.149 e. The van der Waals surface area contributed by atoms with Crippen LogP contribution in [0.15, 0.2) is 42.7 Å². The maximum atomic E-state index is 15.1. The van der Waals surface area contributed by atoms with E-state index in [-0.39, 0.29) is 24.3 Å². The molecule has 5 rings (SSSR count). The van der Waals surface area contributed by atoms with Crippen molar-refractivity contribution in [2.45, 2.75) is 44.6 Å². The second kappa shape index (κ2) is 11.8. The Labute approximate surface area is 225 Å². The molecule has 0 radical (unpaired) electrons. The van der Waals surface area contributed by atoms with Gasteiger partial charge in [-0.3, -0.25) is 4.98 Å². The highest BCUT2D eigenvalue weighted by molar-refractivity contribution is 5.69. The lowest BCUT2D eigenvalue weighted by Gasteiger charge is -2.40. The molecular weight excluding hydrogens is 511 g/mol. The van der Waals surface area contributed by atoms with Crippen LogP contribution in [-0.4, -0.2) is 59.6 Å². The summed E-state index contributed by atoms with van der Waals surface area (Å²) in [4.78, 5) is 10.5. The molecule has 2 aliphatic heterocycles. The molecule has 2 saturated heterocycles. The fourth-order valence-corrected chi connectivity index (χ4v) is 5.08. The summed E-state index contributed by atoms with van der Waals surface area (Å²) in [6.45, 7) is 4.22. The van der Waals surface area contributed by atoms with Gasteiger partial charge in [-0.15, -0.1) is 0 Å². The number of piperidine rings is 1. The first-order valence-corrected chi connectivity index (χ1v) is 13.1. The summed E-state index contributed by atoms with van der Waals surface area (Å²) < 4.78 is 55.9. The molecule has 11 heteroatoms. The van der Waals surface area contributed by atoms with Crippen LogP contribution in [0.2, 0.25) is 0 Å². The Bertz CT molecular complexity index is 1270. The summed E-state index contributed by atoms with van der Waals surface area (Å²) in [6, 6.07) is 6.16. The Kier molecular flexibility index (Phi) is 8.20. The van der Waals surface area contributed by atoms with E-state index in [1.165, 1.54) is 6.07 Å². The van der Waals surface area contributed by atoms with Crippen molar-refractivity contribution < 1.29 is 27.8 Å². The van der Waals surface area contributed by atoms with Crippen LogP contribution in [0, 0.1) is 23.4 Å². The number of nitrogens with zero attached hydrogens (tertiary/aromatic N) is 3. The number of aliphatic hydroxyl groups excluding tert-OH is 1. The first-order valence-electron chi connectivity index (χ1n) is 13.1. The minimum atomic E-state index is -0.958. The molecule has 2 aliphatic rings. The third-order valence-corrected chi connectivity index (χ3v) is 7.19. The van der Waals surface area contributed by atoms with Gasteiger partial charge in [-0.25, -0.2) is 18.2 Å². The average molecular weight is 544 g/mol. The second-order valence-corrected chi connectivity index (χ2v) is 10.1. The normalized spacial score (nSPS) is 22.1. The van der Waals surface area contributed by atoms with Crippen molar-refractivity contribution in [3.8, 4) is 17.0 Å². The van der Waals surface area contributed by atoms with Crippen LogP contribution < -0.4 is 20.7 Å². The highest BCUT2D eigenvalue weighted by Crippen LogP contribution is 2.33. The zero-order valence-corrected chi connectivity index (χ0v) is 21.6. The predicted molar refractivity (Wildman–Crippen MR) is 141 cm³/mol. The van der Waals surface area contributed by atoms with E-state index in [2.05, 4.69) is 20.2 Å². The molecule has 208 valence electrons. The van der Waals surface area contributed by atoms with Crippen LogP contribution in [0.4, 0.5) is 24.5 Å². The summed E-state index contributed by atoms with van der Waals surface area (Å²) in [5.41, 5.74) is 7.07. The van der Waals surface area contributed by atoms with Crippen molar-refractivity contribution in [3.63, 3.8) is 0 Å². The average Bonchev–Trinajstić information content (AvgIpc) is 2.92. The molecule has 4 N–H and O–H groups in total. The maximum absolute atomic E-state index is 15.1. The van der Waals surface area contributed by atoms with Crippen molar-refractivity contribution >= 4 is 11.4 Å². The first-order chi connectivity index (χ1) is 18.8. The third kappa shape index (κ3) is 6.10. The fourth-order valence-electron chi connectivity index (χ4n) is 5.08. The fraction of sp³-hybridized carbons (Fsp3) is 0.429. The van der Waals surface area contributed by atoms with Crippen molar-refractivity contribution in [3.05, 3.63) is 65.9 Å². The van der Waals surface area contributed by atoms with Crippen molar-refractivity contribution in [2.24, 2.45) is 11.7 Å². The summed E-state index contributed by atoms with van der Waals surface area (Å²) in [5.74, 6) is -2.73. The standard InChI is InChI=1S/C28H32F3N5O3/c1-16-14-36(15-23(32)28(16)37)25-4-7-33-13-24(25)34-12-17-2-3-20(29)27(35-17)26-21(30)10-19(11-22(26)31)39-18-5-8-38-9-6-18/h2-4,7,10-11,13,16,18,23,28,34,37H,5-6,8-9,12,14-15,32H2,1H3. The van der Waals surface area contributed by atoms with Gasteiger partial charge in [0.2, 0.25) is 0 Å². The number of rotatable bonds is 7. The number of ether oxygens (including phenoxy) is 2. The van der Waals surface area contributed by atoms with Gasteiger partial charge in [0.1, 0.15) is 35.0 Å². The van der Waals surface area contributed by atoms with Gasteiger partial charge in [0.25, 0.3) is 0 Å². The van der Waals surface area contributed by atoms with Crippen LogP contribution in [-0.2, 0) is 11.3 Å². The molecule has 3 unspecified atom stereocenters. The minimum absolute atomic E-state index is 0.0191. The number of pyridine rings is 2. The Morgan fingerprint density at radius 2 is 1.85 bits per heavy atom. The molecule has 1 aromatic carbocycles. The van der Waals surface area contributed by atoms with E-state index in [0.29, 0.717) is 50.5 Å². The molecule has 0 saturated carbocycles. The van der Waals surface area contributed by atoms with Crippen molar-refractivity contribution in [2.75, 3.05) is 36.5 Å². The highest BCUT2D eigenvalue weighted by Gasteiger charge is 2.31. The van der Waals surface area contributed by atoms with Crippen LogP contribution in [0.1, 0.15) is 25.5 Å². The molecule has 3 aromatic rings. The van der Waals surface area contributed by atoms with Gasteiger partial charge in [-0.05, 0) is 18.2 Å². The molecule has 2 aromatic heterocycles. The lowest BCUT2D eigenvalue weighted by Crippen LogP contribution is -2.55. The quantitative estimate of drug-likeness (QED) is 0.413. The van der Waals surface area contributed by atoms with E-state index in [1.54, 1.807) is 12.4 Å². The molecule has 8 nitrogen and oxygen atoms in total. The molecule has 4 heterocycles. The minimum Gasteiger partial charge on any atom is -0.490 e. The second-order valence-electron chi connectivity index (χ2n) is 10.1. The molecule has 0 amide bonds. The lowest BCUT2D eigenvalue weighted by atomic mass is 9.92. The van der Waals surface area contributed by atoms with E-state index >= 15 is 8.78 Å². The van der Waals surface area contributed by atoms with Gasteiger partial charge in [-0.1, -0.05) is 6.92 Å². The van der Waals surface area contributed by atoms with Crippen LogP contribution in [0.5, 0.6) is 5.75 Å². The lowest BCUT2D eigenvalue weighted by molar-refractivity contribution is 0.0253. The molecule has 0 bridgehead atoms. The number of aromatic nitrogens is 2. The molecule has 39 heavy (non-hydrogen) atoms. The number of nitrogens with two attached hydrogens (primary N) is 1. The first kappa shape index (κ1) is 27.2. The number of aliphatic hydroxyl groups is 1. The predicted octanol–water partition coefficient (Wildman–Crippen LogP) is 3.88. The smallest absolute Gasteiger partial charge is 0.149 e. The van der Waals surface area contributed by atoms with E-state index in [0.717, 1.165) is 23.9 Å². The molecular formula is C28H32F3N5O3. The molecule has 0 aliphatic carbocycles. The van der Waals surface area contributed by atoms with Gasteiger partial charge in [0, 0.05) is 56.2 Å². The monoisotopic (exact) mass is 543 g/mol. The SMILES string of the molecule is CC1CN(c2ccncc2NCc2ccc(F)c(-c3c(F)cc(OC4CCOCC4)cc3F)n2)CC(N)C1O. The summed E-state index contributed by atoms with van der Waals surface area (Å²) in [7, 11) is 0. The van der Waals surface area contributed by atoms with Gasteiger partial charge in [0.15, 0.2) is 0 Å². The van der Waals surface area contributed by atoms with Gasteiger partial charge in [0.05, 0.1) is 54.7 Å². The van der Waals surface area contributed by atoms with Gasteiger partial charge in [-0.2, -0.15) is 0 Å². The Hall–Kier alpha value is -3.41. The van der Waals surface area contributed by atoms with Crippen LogP contribution in [0.3, 0.4) is 0 Å². The Morgan fingerprint density at radius 1 is 1.10 bits per heavy atom. The zero-order valence-electron chi connectivity index (χ0n) is 21.6. The van der Waals surface area contributed by atoms with Crippen molar-refractivity contribution in [1.29, 1.82) is 0 Å². The zero-order chi connectivity index (χ0) is 27.5. The number of halogens is 3. The van der Waals surface area contributed by atoms with Crippen LogP contribution >= 0.6 is 0 Å². The summed E-state index contributed by atoms with van der Waals surface area (Å²) in [6.07, 6.45) is 3.79. The van der Waals surface area contributed by atoms with E-state index in [9.17, 15) is 9.50 Å². The third-order valence-electron chi connectivity index (χ3n) is 7.19. The molecule has 3 atom stereocenters. The number of hydrogen-bond acceptors (Lipinski definition) is 8. The number of anilines is 2. The molecule has 2 fully saturated rings. The topological polar surface area (TPSA) is 106 Å². The number of benzene rings is 1. The number of nitrogens with one attached hydrogen (secondary N) is 1.